The summed E-state index contributed by atoms with van der Waals surface area (Å²) >= 11 is 0. The first-order valence-corrected chi connectivity index (χ1v) is 5.13. The standard InChI is InChI=1S/C5H14O3Si/c1-3-4-5-9(6,7)8-2/h6-7H,3-5H2,1-2H3. The van der Waals surface area contributed by atoms with E-state index in [9.17, 15) is 0 Å². The van der Waals surface area contributed by atoms with E-state index in [1.807, 2.05) is 6.92 Å². The van der Waals surface area contributed by atoms with Gasteiger partial charge in [0.2, 0.25) is 0 Å². The van der Waals surface area contributed by atoms with E-state index in [4.69, 9.17) is 9.59 Å². The summed E-state index contributed by atoms with van der Waals surface area (Å²) in [5, 5.41) is 0. The molecule has 0 rings (SSSR count). The van der Waals surface area contributed by atoms with Gasteiger partial charge >= 0.3 is 8.80 Å². The zero-order chi connectivity index (χ0) is 7.33. The van der Waals surface area contributed by atoms with Crippen LogP contribution in [0.5, 0.6) is 0 Å². The van der Waals surface area contributed by atoms with Gasteiger partial charge in [0.25, 0.3) is 0 Å². The highest BCUT2D eigenvalue weighted by Crippen LogP contribution is 2.06. The predicted molar refractivity (Wildman–Crippen MR) is 36.9 cm³/mol. The summed E-state index contributed by atoms with van der Waals surface area (Å²) in [6, 6.07) is 0.417. The van der Waals surface area contributed by atoms with Crippen molar-refractivity contribution in [1.29, 1.82) is 0 Å². The van der Waals surface area contributed by atoms with Gasteiger partial charge in [-0.3, -0.25) is 0 Å². The lowest BCUT2D eigenvalue weighted by molar-refractivity contribution is 0.183. The highest BCUT2D eigenvalue weighted by molar-refractivity contribution is 6.57. The van der Waals surface area contributed by atoms with E-state index in [1.54, 1.807) is 0 Å². The third-order valence-electron chi connectivity index (χ3n) is 1.18. The van der Waals surface area contributed by atoms with Crippen LogP contribution in [-0.4, -0.2) is 25.5 Å². The molecule has 0 saturated heterocycles. The lowest BCUT2D eigenvalue weighted by atomic mass is 10.4. The SMILES string of the molecule is CCCC[Si](O)(O)OC. The molecular formula is C5H14O3Si. The molecule has 0 radical (unpaired) electrons. The molecule has 0 spiro atoms. The molecule has 0 bridgehead atoms. The summed E-state index contributed by atoms with van der Waals surface area (Å²) in [7, 11) is -1.86. The molecule has 4 heteroatoms. The number of hydrogen-bond donors (Lipinski definition) is 2. The Balaban J connectivity index is 3.33. The summed E-state index contributed by atoms with van der Waals surface area (Å²) in [6.45, 7) is 2.00. The summed E-state index contributed by atoms with van der Waals surface area (Å²) < 4.78 is 4.49. The molecule has 0 aliphatic rings. The molecule has 0 fully saturated rings. The molecule has 0 aromatic carbocycles. The minimum atomic E-state index is -3.20. The molecule has 3 nitrogen and oxygen atoms in total. The zero-order valence-electron chi connectivity index (χ0n) is 5.92. The van der Waals surface area contributed by atoms with Crippen molar-refractivity contribution in [1.82, 2.24) is 0 Å². The van der Waals surface area contributed by atoms with E-state index >= 15 is 0 Å². The van der Waals surface area contributed by atoms with Crippen molar-refractivity contribution in [3.63, 3.8) is 0 Å². The van der Waals surface area contributed by atoms with Crippen LogP contribution in [0.1, 0.15) is 19.8 Å². The Labute approximate surface area is 56.7 Å². The van der Waals surface area contributed by atoms with Crippen LogP contribution in [0.15, 0.2) is 0 Å². The van der Waals surface area contributed by atoms with E-state index in [-0.39, 0.29) is 0 Å². The molecule has 0 unspecified atom stereocenters. The van der Waals surface area contributed by atoms with Crippen LogP contribution in [-0.2, 0) is 4.43 Å². The van der Waals surface area contributed by atoms with Crippen molar-refractivity contribution in [3.8, 4) is 0 Å². The van der Waals surface area contributed by atoms with Gasteiger partial charge in [-0.15, -0.1) is 0 Å². The molecule has 0 atom stereocenters. The second-order valence-corrected chi connectivity index (χ2v) is 4.45. The zero-order valence-corrected chi connectivity index (χ0v) is 6.92. The fraction of sp³-hybridized carbons (Fsp3) is 1.00. The molecule has 2 N–H and O–H groups in total. The van der Waals surface area contributed by atoms with Gasteiger partial charge in [0, 0.05) is 13.2 Å². The van der Waals surface area contributed by atoms with Crippen molar-refractivity contribution in [2.24, 2.45) is 0 Å². The van der Waals surface area contributed by atoms with Gasteiger partial charge in [0.15, 0.2) is 0 Å². The molecule has 0 heterocycles. The first-order chi connectivity index (χ1) is 4.12. The van der Waals surface area contributed by atoms with Gasteiger partial charge in [-0.05, 0) is 6.42 Å². The maximum absolute atomic E-state index is 8.93. The lowest BCUT2D eigenvalue weighted by Crippen LogP contribution is -2.37. The van der Waals surface area contributed by atoms with Gasteiger partial charge in [-0.25, -0.2) is 0 Å². The van der Waals surface area contributed by atoms with Gasteiger partial charge < -0.3 is 14.0 Å². The Morgan fingerprint density at radius 3 is 2.33 bits per heavy atom. The van der Waals surface area contributed by atoms with Crippen LogP contribution in [0, 0.1) is 0 Å². The van der Waals surface area contributed by atoms with Crippen LogP contribution in [0.3, 0.4) is 0 Å². The van der Waals surface area contributed by atoms with E-state index in [0.717, 1.165) is 12.8 Å². The molecule has 0 aromatic rings. The lowest BCUT2D eigenvalue weighted by Gasteiger charge is -2.12. The minimum Gasteiger partial charge on any atom is -0.390 e. The van der Waals surface area contributed by atoms with Crippen molar-refractivity contribution >= 4 is 8.80 Å². The van der Waals surface area contributed by atoms with Crippen LogP contribution < -0.4 is 0 Å². The maximum Gasteiger partial charge on any atom is 0.495 e. The Hall–Kier alpha value is 0.0969. The molecule has 9 heavy (non-hydrogen) atoms. The van der Waals surface area contributed by atoms with Crippen molar-refractivity contribution in [3.05, 3.63) is 0 Å². The van der Waals surface area contributed by atoms with Gasteiger partial charge in [-0.2, -0.15) is 0 Å². The molecule has 0 aromatic heterocycles. The average molecular weight is 150 g/mol. The van der Waals surface area contributed by atoms with E-state index in [1.165, 1.54) is 7.11 Å². The van der Waals surface area contributed by atoms with E-state index in [2.05, 4.69) is 4.43 Å². The largest absolute Gasteiger partial charge is 0.495 e. The highest BCUT2D eigenvalue weighted by atomic mass is 28.4. The second-order valence-electron chi connectivity index (χ2n) is 2.05. The van der Waals surface area contributed by atoms with Crippen molar-refractivity contribution in [2.75, 3.05) is 7.11 Å². The average Bonchev–Trinajstić information content (AvgIpc) is 1.84. The van der Waals surface area contributed by atoms with Gasteiger partial charge in [0.1, 0.15) is 0 Å². The summed E-state index contributed by atoms with van der Waals surface area (Å²) in [5.74, 6) is 0. The Kier molecular flexibility index (Phi) is 4.04. The fourth-order valence-electron chi connectivity index (χ4n) is 0.509. The van der Waals surface area contributed by atoms with Crippen LogP contribution in [0.2, 0.25) is 6.04 Å². The third-order valence-corrected chi connectivity index (χ3v) is 2.84. The summed E-state index contributed by atoms with van der Waals surface area (Å²) in [5.41, 5.74) is 0. The second kappa shape index (κ2) is 4.00. The molecule has 0 aliphatic heterocycles. The molecule has 0 aliphatic carbocycles. The monoisotopic (exact) mass is 150 g/mol. The predicted octanol–water partition coefficient (Wildman–Crippen LogP) is 0.356. The van der Waals surface area contributed by atoms with E-state index in [0.29, 0.717) is 6.04 Å². The Morgan fingerprint density at radius 1 is 1.44 bits per heavy atom. The third kappa shape index (κ3) is 4.59. The van der Waals surface area contributed by atoms with Crippen LogP contribution in [0.4, 0.5) is 0 Å². The quantitative estimate of drug-likeness (QED) is 0.569. The minimum absolute atomic E-state index is 0.417. The van der Waals surface area contributed by atoms with E-state index < -0.39 is 8.80 Å². The summed E-state index contributed by atoms with van der Waals surface area (Å²) in [4.78, 5) is 17.9. The number of rotatable bonds is 4. The molecule has 0 amide bonds. The summed E-state index contributed by atoms with van der Waals surface area (Å²) in [6.07, 6.45) is 1.80. The topological polar surface area (TPSA) is 49.7 Å². The normalized spacial score (nSPS) is 12.0. The molecule has 56 valence electrons. The Bertz CT molecular complexity index is 74.6. The van der Waals surface area contributed by atoms with Gasteiger partial charge in [-0.1, -0.05) is 13.3 Å². The van der Waals surface area contributed by atoms with Gasteiger partial charge in [0.05, 0.1) is 0 Å². The van der Waals surface area contributed by atoms with Crippen LogP contribution in [0.25, 0.3) is 0 Å². The first kappa shape index (κ1) is 9.10. The fourth-order valence-corrected chi connectivity index (χ4v) is 1.53. The first-order valence-electron chi connectivity index (χ1n) is 3.12. The maximum atomic E-state index is 8.93. The molecule has 0 saturated carbocycles. The number of unbranched alkanes of at least 4 members (excludes halogenated alkanes) is 1. The van der Waals surface area contributed by atoms with Crippen LogP contribution >= 0.6 is 0 Å². The van der Waals surface area contributed by atoms with Crippen molar-refractivity contribution in [2.45, 2.75) is 25.8 Å². The smallest absolute Gasteiger partial charge is 0.390 e. The van der Waals surface area contributed by atoms with Crippen molar-refractivity contribution < 1.29 is 14.0 Å². The molecular weight excluding hydrogens is 136 g/mol. The highest BCUT2D eigenvalue weighted by Gasteiger charge is 2.28. The number of hydrogen-bond acceptors (Lipinski definition) is 3. The Morgan fingerprint density at radius 2 is 2.00 bits per heavy atom.